The molecule has 1 aliphatic rings. The summed E-state index contributed by atoms with van der Waals surface area (Å²) in [6.07, 6.45) is 1.66. The van der Waals surface area contributed by atoms with Crippen LogP contribution < -0.4 is 11.1 Å². The number of carbonyl (C=O) groups is 1. The third-order valence-corrected chi connectivity index (χ3v) is 2.34. The summed E-state index contributed by atoms with van der Waals surface area (Å²) in [7, 11) is 0. The molecule has 0 aromatic carbocycles. The minimum Gasteiger partial charge on any atom is -0.356 e. The number of hydrogen-bond donors (Lipinski definition) is 2. The molecule has 0 saturated carbocycles. The number of likely N-dealkylation sites (tertiary alicyclic amines) is 1. The highest BCUT2D eigenvalue weighted by Gasteiger charge is 2.18. The summed E-state index contributed by atoms with van der Waals surface area (Å²) in [5.41, 5.74) is 5.75. The second-order valence-corrected chi connectivity index (χ2v) is 3.55. The van der Waals surface area contributed by atoms with Gasteiger partial charge in [-0.15, -0.1) is 0 Å². The standard InChI is InChI=1S/C9H19N3O/c1-2-11-9(13)4-6-12-5-3-8(10)7-12/h8H,2-7,10H2,1H3,(H,11,13). The molecule has 0 aliphatic carbocycles. The molecule has 13 heavy (non-hydrogen) atoms. The first kappa shape index (κ1) is 10.5. The van der Waals surface area contributed by atoms with Gasteiger partial charge in [-0.3, -0.25) is 4.79 Å². The Labute approximate surface area is 79.5 Å². The Morgan fingerprint density at radius 2 is 2.46 bits per heavy atom. The average Bonchev–Trinajstić information content (AvgIpc) is 2.49. The van der Waals surface area contributed by atoms with Crippen LogP contribution in [-0.2, 0) is 4.79 Å². The SMILES string of the molecule is CCNC(=O)CCN1CCC(N)C1. The Morgan fingerprint density at radius 3 is 3.00 bits per heavy atom. The van der Waals surface area contributed by atoms with Crippen molar-refractivity contribution in [2.45, 2.75) is 25.8 Å². The third kappa shape index (κ3) is 3.74. The zero-order valence-electron chi connectivity index (χ0n) is 8.25. The molecule has 1 aliphatic heterocycles. The second kappa shape index (κ2) is 5.19. The Balaban J connectivity index is 2.09. The number of carbonyl (C=O) groups excluding carboxylic acids is 1. The monoisotopic (exact) mass is 185 g/mol. The predicted octanol–water partition coefficient (Wildman–Crippen LogP) is -0.454. The van der Waals surface area contributed by atoms with Crippen molar-refractivity contribution in [3.8, 4) is 0 Å². The summed E-state index contributed by atoms with van der Waals surface area (Å²) in [4.78, 5) is 13.4. The molecular formula is C9H19N3O. The summed E-state index contributed by atoms with van der Waals surface area (Å²) in [5, 5.41) is 2.78. The lowest BCUT2D eigenvalue weighted by Crippen LogP contribution is -2.31. The molecule has 4 nitrogen and oxygen atoms in total. The van der Waals surface area contributed by atoms with E-state index < -0.39 is 0 Å². The van der Waals surface area contributed by atoms with E-state index in [1.165, 1.54) is 0 Å². The van der Waals surface area contributed by atoms with Gasteiger partial charge in [0.1, 0.15) is 0 Å². The minimum absolute atomic E-state index is 0.142. The van der Waals surface area contributed by atoms with Crippen molar-refractivity contribution >= 4 is 5.91 Å². The van der Waals surface area contributed by atoms with Gasteiger partial charge in [0.2, 0.25) is 5.91 Å². The van der Waals surface area contributed by atoms with Crippen LogP contribution in [0.25, 0.3) is 0 Å². The van der Waals surface area contributed by atoms with Crippen LogP contribution in [0.2, 0.25) is 0 Å². The number of rotatable bonds is 4. The highest BCUT2D eigenvalue weighted by Crippen LogP contribution is 2.06. The molecule has 1 heterocycles. The van der Waals surface area contributed by atoms with E-state index in [0.717, 1.165) is 32.6 Å². The molecule has 1 atom stereocenters. The largest absolute Gasteiger partial charge is 0.356 e. The lowest BCUT2D eigenvalue weighted by atomic mass is 10.3. The number of amides is 1. The summed E-state index contributed by atoms with van der Waals surface area (Å²) < 4.78 is 0. The van der Waals surface area contributed by atoms with E-state index in [9.17, 15) is 4.79 Å². The summed E-state index contributed by atoms with van der Waals surface area (Å²) in [6, 6.07) is 0.314. The number of nitrogens with zero attached hydrogens (tertiary/aromatic N) is 1. The van der Waals surface area contributed by atoms with Crippen LogP contribution >= 0.6 is 0 Å². The van der Waals surface area contributed by atoms with E-state index in [1.807, 2.05) is 6.92 Å². The van der Waals surface area contributed by atoms with Crippen LogP contribution in [0.4, 0.5) is 0 Å². The lowest BCUT2D eigenvalue weighted by Gasteiger charge is -2.14. The van der Waals surface area contributed by atoms with Crippen molar-refractivity contribution in [1.29, 1.82) is 0 Å². The second-order valence-electron chi connectivity index (χ2n) is 3.55. The predicted molar refractivity (Wildman–Crippen MR) is 52.3 cm³/mol. The maximum atomic E-state index is 11.1. The van der Waals surface area contributed by atoms with Gasteiger partial charge in [-0.1, -0.05) is 0 Å². The van der Waals surface area contributed by atoms with Crippen molar-refractivity contribution in [2.24, 2.45) is 5.73 Å². The van der Waals surface area contributed by atoms with Crippen molar-refractivity contribution in [3.63, 3.8) is 0 Å². The minimum atomic E-state index is 0.142. The van der Waals surface area contributed by atoms with Crippen LogP contribution in [0, 0.1) is 0 Å². The van der Waals surface area contributed by atoms with Crippen LogP contribution in [-0.4, -0.2) is 43.0 Å². The van der Waals surface area contributed by atoms with Crippen LogP contribution in [0.15, 0.2) is 0 Å². The van der Waals surface area contributed by atoms with E-state index >= 15 is 0 Å². The van der Waals surface area contributed by atoms with E-state index in [1.54, 1.807) is 0 Å². The molecule has 0 spiro atoms. The highest BCUT2D eigenvalue weighted by molar-refractivity contribution is 5.75. The van der Waals surface area contributed by atoms with Crippen molar-refractivity contribution < 1.29 is 4.79 Å². The Kier molecular flexibility index (Phi) is 4.18. The molecular weight excluding hydrogens is 166 g/mol. The molecule has 0 aromatic rings. The Bertz CT molecular complexity index is 172. The molecule has 1 saturated heterocycles. The summed E-state index contributed by atoms with van der Waals surface area (Å²) in [5.74, 6) is 0.142. The van der Waals surface area contributed by atoms with Gasteiger partial charge in [0.05, 0.1) is 0 Å². The van der Waals surface area contributed by atoms with E-state index in [2.05, 4.69) is 10.2 Å². The average molecular weight is 185 g/mol. The van der Waals surface area contributed by atoms with E-state index in [4.69, 9.17) is 5.73 Å². The number of nitrogens with one attached hydrogen (secondary N) is 1. The maximum Gasteiger partial charge on any atom is 0.221 e. The van der Waals surface area contributed by atoms with Gasteiger partial charge in [-0.2, -0.15) is 0 Å². The van der Waals surface area contributed by atoms with Crippen LogP contribution in [0.3, 0.4) is 0 Å². The van der Waals surface area contributed by atoms with E-state index in [-0.39, 0.29) is 5.91 Å². The highest BCUT2D eigenvalue weighted by atomic mass is 16.1. The molecule has 0 bridgehead atoms. The zero-order valence-corrected chi connectivity index (χ0v) is 8.25. The summed E-state index contributed by atoms with van der Waals surface area (Å²) in [6.45, 7) is 5.49. The first-order valence-electron chi connectivity index (χ1n) is 4.97. The lowest BCUT2D eigenvalue weighted by molar-refractivity contribution is -0.121. The van der Waals surface area contributed by atoms with E-state index in [0.29, 0.717) is 12.5 Å². The Hall–Kier alpha value is -0.610. The van der Waals surface area contributed by atoms with Gasteiger partial charge in [0.15, 0.2) is 0 Å². The molecule has 0 aromatic heterocycles. The van der Waals surface area contributed by atoms with Crippen molar-refractivity contribution in [2.75, 3.05) is 26.2 Å². The zero-order chi connectivity index (χ0) is 9.68. The smallest absolute Gasteiger partial charge is 0.221 e. The number of hydrogen-bond acceptors (Lipinski definition) is 3. The Morgan fingerprint density at radius 1 is 1.69 bits per heavy atom. The first-order chi connectivity index (χ1) is 6.22. The third-order valence-electron chi connectivity index (χ3n) is 2.34. The summed E-state index contributed by atoms with van der Waals surface area (Å²) >= 11 is 0. The van der Waals surface area contributed by atoms with Crippen molar-refractivity contribution in [3.05, 3.63) is 0 Å². The molecule has 0 radical (unpaired) electrons. The first-order valence-corrected chi connectivity index (χ1v) is 4.97. The fraction of sp³-hybridized carbons (Fsp3) is 0.889. The van der Waals surface area contributed by atoms with Gasteiger partial charge in [-0.05, 0) is 19.9 Å². The van der Waals surface area contributed by atoms with Crippen LogP contribution in [0.5, 0.6) is 0 Å². The normalized spacial score (nSPS) is 23.4. The molecule has 3 N–H and O–H groups in total. The number of nitrogens with two attached hydrogens (primary N) is 1. The fourth-order valence-electron chi connectivity index (χ4n) is 1.61. The topological polar surface area (TPSA) is 58.4 Å². The fourth-order valence-corrected chi connectivity index (χ4v) is 1.61. The molecule has 1 amide bonds. The van der Waals surface area contributed by atoms with Gasteiger partial charge in [0.25, 0.3) is 0 Å². The van der Waals surface area contributed by atoms with Gasteiger partial charge >= 0.3 is 0 Å². The molecule has 4 heteroatoms. The van der Waals surface area contributed by atoms with Gasteiger partial charge < -0.3 is 16.0 Å². The molecule has 1 rings (SSSR count). The maximum absolute atomic E-state index is 11.1. The molecule has 1 unspecified atom stereocenters. The van der Waals surface area contributed by atoms with Gasteiger partial charge in [0, 0.05) is 32.1 Å². The molecule has 76 valence electrons. The van der Waals surface area contributed by atoms with Gasteiger partial charge in [-0.25, -0.2) is 0 Å². The quantitative estimate of drug-likeness (QED) is 0.623. The van der Waals surface area contributed by atoms with Crippen molar-refractivity contribution in [1.82, 2.24) is 10.2 Å². The molecule has 1 fully saturated rings. The van der Waals surface area contributed by atoms with Crippen LogP contribution in [0.1, 0.15) is 19.8 Å².